The summed E-state index contributed by atoms with van der Waals surface area (Å²) in [6.45, 7) is 4.97. The van der Waals surface area contributed by atoms with Crippen molar-refractivity contribution in [3.05, 3.63) is 102 Å². The zero-order valence-corrected chi connectivity index (χ0v) is 24.6. The van der Waals surface area contributed by atoms with Crippen molar-refractivity contribution in [2.75, 3.05) is 19.3 Å². The number of nitrogens with zero attached hydrogens (tertiary/aromatic N) is 7. The molecule has 0 saturated carbocycles. The number of imidazole rings is 1. The third kappa shape index (κ3) is 5.45. The first-order valence-corrected chi connectivity index (χ1v) is 15.5. The molecule has 7 rings (SSSR count). The quantitative estimate of drug-likeness (QED) is 0.214. The third-order valence-corrected chi connectivity index (χ3v) is 8.56. The normalized spacial score (nSPS) is 14.5. The highest BCUT2D eigenvalue weighted by Gasteiger charge is 2.24. The summed E-state index contributed by atoms with van der Waals surface area (Å²) in [4.78, 5) is 21.6. The van der Waals surface area contributed by atoms with E-state index in [1.807, 2.05) is 48.0 Å². The molecule has 5 heterocycles. The van der Waals surface area contributed by atoms with Gasteiger partial charge in [-0.2, -0.15) is 5.10 Å². The summed E-state index contributed by atoms with van der Waals surface area (Å²) in [5.41, 5.74) is 7.37. The Morgan fingerprint density at radius 1 is 0.833 bits per heavy atom. The zero-order valence-electron chi connectivity index (χ0n) is 23.7. The Balaban J connectivity index is 1.05. The van der Waals surface area contributed by atoms with Crippen LogP contribution in [0.5, 0.6) is 0 Å². The van der Waals surface area contributed by atoms with Crippen molar-refractivity contribution < 1.29 is 0 Å². The van der Waals surface area contributed by atoms with Gasteiger partial charge < -0.3 is 0 Å². The Labute approximate surface area is 249 Å². The van der Waals surface area contributed by atoms with Gasteiger partial charge in [0, 0.05) is 41.7 Å². The van der Waals surface area contributed by atoms with Gasteiger partial charge >= 0.3 is 0 Å². The van der Waals surface area contributed by atoms with E-state index in [2.05, 4.69) is 79.8 Å². The Bertz CT molecular complexity index is 1820. The fraction of sp³-hybridized carbons (Fsp3) is 0.242. The summed E-state index contributed by atoms with van der Waals surface area (Å²) in [6.07, 6.45) is 8.34. The lowest BCUT2D eigenvalue weighted by atomic mass is 9.95. The van der Waals surface area contributed by atoms with Crippen molar-refractivity contribution in [2.45, 2.75) is 37.3 Å². The molecule has 1 fully saturated rings. The maximum absolute atomic E-state index is 5.01. The number of hydrogen-bond donors (Lipinski definition) is 1. The lowest BCUT2D eigenvalue weighted by Crippen LogP contribution is -2.32. The minimum atomic E-state index is 0.390. The Hall–Kier alpha value is -4.34. The average molecular weight is 573 g/mol. The molecule has 42 heavy (non-hydrogen) atoms. The van der Waals surface area contributed by atoms with E-state index in [1.165, 1.54) is 5.56 Å². The van der Waals surface area contributed by atoms with Crippen LogP contribution in [0.1, 0.15) is 35.8 Å². The molecule has 6 aromatic rings. The summed E-state index contributed by atoms with van der Waals surface area (Å²) in [6, 6.07) is 25.3. The van der Waals surface area contributed by atoms with E-state index in [0.29, 0.717) is 11.7 Å². The number of likely N-dealkylation sites (tertiary alicyclic amines) is 1. The number of aromatic amines is 1. The van der Waals surface area contributed by atoms with E-state index < -0.39 is 0 Å². The molecule has 1 N–H and O–H groups in total. The number of piperidine rings is 1. The maximum Gasteiger partial charge on any atom is 0.235 e. The largest absolute Gasteiger partial charge is 0.299 e. The first kappa shape index (κ1) is 26.6. The second kappa shape index (κ2) is 11.5. The van der Waals surface area contributed by atoms with Crippen LogP contribution in [-0.4, -0.2) is 58.8 Å². The molecule has 1 aliphatic heterocycles. The molecule has 2 aromatic carbocycles. The van der Waals surface area contributed by atoms with Crippen LogP contribution < -0.4 is 0 Å². The third-order valence-electron chi connectivity index (χ3n) is 7.95. The van der Waals surface area contributed by atoms with Crippen molar-refractivity contribution in [1.29, 1.82) is 0 Å². The molecule has 0 amide bonds. The number of benzene rings is 2. The van der Waals surface area contributed by atoms with Crippen molar-refractivity contribution in [3.8, 4) is 33.9 Å². The standard InChI is InChI=1S/C33H32N8S/c1-22-7-6-10-28(34-22)32-37-31(38-39-32)26-15-17-40(18-16-26)19-23-11-13-25(14-12-23)30-27(24-8-4-3-5-9-24)20-41-21-29(42-2)35-33(41)36-30/h3-14,20-21,26H,15-19H2,1-2H3,(H,37,38,39). The van der Waals surface area contributed by atoms with Gasteiger partial charge in [0.25, 0.3) is 0 Å². The molecule has 4 aromatic heterocycles. The van der Waals surface area contributed by atoms with Gasteiger partial charge in [0.15, 0.2) is 5.82 Å². The smallest absolute Gasteiger partial charge is 0.235 e. The lowest BCUT2D eigenvalue weighted by Gasteiger charge is -2.31. The summed E-state index contributed by atoms with van der Waals surface area (Å²) < 4.78 is 2.02. The predicted octanol–water partition coefficient (Wildman–Crippen LogP) is 6.65. The van der Waals surface area contributed by atoms with Gasteiger partial charge in [-0.3, -0.25) is 14.4 Å². The van der Waals surface area contributed by atoms with Crippen LogP contribution in [0, 0.1) is 6.92 Å². The van der Waals surface area contributed by atoms with Gasteiger partial charge in [0.2, 0.25) is 5.78 Å². The van der Waals surface area contributed by atoms with Crippen molar-refractivity contribution >= 4 is 17.5 Å². The van der Waals surface area contributed by atoms with Gasteiger partial charge in [-0.05, 0) is 62.4 Å². The van der Waals surface area contributed by atoms with E-state index in [1.54, 1.807) is 11.8 Å². The number of aryl methyl sites for hydroxylation is 1. The Morgan fingerprint density at radius 2 is 1.64 bits per heavy atom. The van der Waals surface area contributed by atoms with Gasteiger partial charge in [0.05, 0.1) is 5.69 Å². The van der Waals surface area contributed by atoms with Crippen LogP contribution in [0.4, 0.5) is 0 Å². The number of fused-ring (bicyclic) bond motifs is 1. The second-order valence-corrected chi connectivity index (χ2v) is 11.6. The van der Waals surface area contributed by atoms with E-state index in [4.69, 9.17) is 9.97 Å². The van der Waals surface area contributed by atoms with Crippen LogP contribution in [0.15, 0.2) is 90.2 Å². The first-order valence-electron chi connectivity index (χ1n) is 14.3. The van der Waals surface area contributed by atoms with E-state index >= 15 is 0 Å². The number of thioether (sulfide) groups is 1. The fourth-order valence-corrected chi connectivity index (χ4v) is 6.07. The lowest BCUT2D eigenvalue weighted by molar-refractivity contribution is 0.202. The molecule has 0 unspecified atom stereocenters. The summed E-state index contributed by atoms with van der Waals surface area (Å²) in [5.74, 6) is 2.76. The molecule has 0 bridgehead atoms. The van der Waals surface area contributed by atoms with E-state index in [-0.39, 0.29) is 0 Å². The van der Waals surface area contributed by atoms with E-state index in [9.17, 15) is 0 Å². The Morgan fingerprint density at radius 3 is 2.40 bits per heavy atom. The minimum Gasteiger partial charge on any atom is -0.299 e. The fourth-order valence-electron chi connectivity index (χ4n) is 5.68. The van der Waals surface area contributed by atoms with Crippen molar-refractivity contribution in [3.63, 3.8) is 0 Å². The second-order valence-electron chi connectivity index (χ2n) is 10.8. The van der Waals surface area contributed by atoms with Crippen LogP contribution in [0.25, 0.3) is 39.7 Å². The summed E-state index contributed by atoms with van der Waals surface area (Å²) in [7, 11) is 0. The molecule has 9 heteroatoms. The summed E-state index contributed by atoms with van der Waals surface area (Å²) in [5, 5.41) is 8.59. The van der Waals surface area contributed by atoms with Crippen LogP contribution in [0.2, 0.25) is 0 Å². The van der Waals surface area contributed by atoms with E-state index in [0.717, 1.165) is 82.9 Å². The van der Waals surface area contributed by atoms with Gasteiger partial charge in [-0.25, -0.2) is 19.9 Å². The predicted molar refractivity (Wildman–Crippen MR) is 167 cm³/mol. The number of nitrogens with one attached hydrogen (secondary N) is 1. The topological polar surface area (TPSA) is 87.9 Å². The van der Waals surface area contributed by atoms with Crippen LogP contribution in [-0.2, 0) is 6.54 Å². The SMILES string of the molecule is CSc1cn2cc(-c3ccccc3)c(-c3ccc(CN4CCC(c5nc(-c6cccc(C)n6)n[nH]5)CC4)cc3)nc2n1. The molecular weight excluding hydrogens is 540 g/mol. The molecule has 0 radical (unpaired) electrons. The highest BCUT2D eigenvalue weighted by atomic mass is 32.2. The number of rotatable bonds is 7. The molecule has 210 valence electrons. The highest BCUT2D eigenvalue weighted by Crippen LogP contribution is 2.32. The van der Waals surface area contributed by atoms with Gasteiger partial charge in [0.1, 0.15) is 16.5 Å². The number of aromatic nitrogens is 7. The van der Waals surface area contributed by atoms with Gasteiger partial charge in [-0.1, -0.05) is 60.7 Å². The van der Waals surface area contributed by atoms with Crippen molar-refractivity contribution in [2.24, 2.45) is 0 Å². The average Bonchev–Trinajstić information content (AvgIpc) is 3.69. The number of hydrogen-bond acceptors (Lipinski definition) is 7. The van der Waals surface area contributed by atoms with Crippen LogP contribution >= 0.6 is 11.8 Å². The monoisotopic (exact) mass is 572 g/mol. The molecule has 0 aliphatic carbocycles. The molecular formula is C33H32N8S. The highest BCUT2D eigenvalue weighted by molar-refractivity contribution is 7.98. The molecule has 8 nitrogen and oxygen atoms in total. The van der Waals surface area contributed by atoms with Crippen LogP contribution in [0.3, 0.4) is 0 Å². The molecule has 0 atom stereocenters. The first-order chi connectivity index (χ1) is 20.6. The summed E-state index contributed by atoms with van der Waals surface area (Å²) >= 11 is 1.63. The molecule has 0 spiro atoms. The minimum absolute atomic E-state index is 0.390. The number of pyridine rings is 1. The molecule has 1 aliphatic rings. The molecule has 1 saturated heterocycles. The van der Waals surface area contributed by atoms with Gasteiger partial charge in [-0.15, -0.1) is 11.8 Å². The zero-order chi connectivity index (χ0) is 28.5. The number of H-pyrrole nitrogens is 1. The van der Waals surface area contributed by atoms with Crippen molar-refractivity contribution in [1.82, 2.24) is 39.4 Å². The maximum atomic E-state index is 5.01. The Kier molecular flexibility index (Phi) is 7.27.